The molecular weight excluding hydrogens is 188 g/mol. The van der Waals surface area contributed by atoms with Crippen LogP contribution in [0.2, 0.25) is 0 Å². The summed E-state index contributed by atoms with van der Waals surface area (Å²) in [6.45, 7) is 0.989. The summed E-state index contributed by atoms with van der Waals surface area (Å²) in [5, 5.41) is 3.27. The van der Waals surface area contributed by atoms with Gasteiger partial charge in [-0.1, -0.05) is 25.7 Å². The summed E-state index contributed by atoms with van der Waals surface area (Å²) >= 11 is 0. The zero-order chi connectivity index (χ0) is 10.5. The van der Waals surface area contributed by atoms with Gasteiger partial charge in [0, 0.05) is 6.54 Å². The number of nitrogens with two attached hydrogens (primary N) is 1. The minimum Gasteiger partial charge on any atom is -0.382 e. The third kappa shape index (κ3) is 3.08. The van der Waals surface area contributed by atoms with E-state index in [-0.39, 0.29) is 0 Å². The average Bonchev–Trinajstić information content (AvgIpc) is 2.74. The first-order valence-electron chi connectivity index (χ1n) is 5.66. The van der Waals surface area contributed by atoms with Gasteiger partial charge in [0.05, 0.1) is 12.4 Å². The van der Waals surface area contributed by atoms with Gasteiger partial charge in [-0.05, 0) is 12.3 Å². The lowest BCUT2D eigenvalue weighted by Gasteiger charge is -2.09. The summed E-state index contributed by atoms with van der Waals surface area (Å²) in [6, 6.07) is 0. The first kappa shape index (κ1) is 10.2. The van der Waals surface area contributed by atoms with E-state index in [9.17, 15) is 0 Å². The maximum atomic E-state index is 5.45. The van der Waals surface area contributed by atoms with Crippen LogP contribution in [0.15, 0.2) is 12.4 Å². The van der Waals surface area contributed by atoms with Gasteiger partial charge in [0.25, 0.3) is 0 Å². The molecule has 0 radical (unpaired) electrons. The SMILES string of the molecule is Nc1cnc(NCCC2CCCC2)cn1. The van der Waals surface area contributed by atoms with Gasteiger partial charge in [0.1, 0.15) is 11.6 Å². The van der Waals surface area contributed by atoms with Crippen molar-refractivity contribution >= 4 is 11.6 Å². The maximum Gasteiger partial charge on any atom is 0.144 e. The number of rotatable bonds is 4. The minimum atomic E-state index is 0.469. The minimum absolute atomic E-state index is 0.469. The molecule has 1 aromatic heterocycles. The van der Waals surface area contributed by atoms with Crippen LogP contribution in [-0.4, -0.2) is 16.5 Å². The van der Waals surface area contributed by atoms with E-state index in [1.165, 1.54) is 32.1 Å². The van der Waals surface area contributed by atoms with E-state index in [1.807, 2.05) is 0 Å². The van der Waals surface area contributed by atoms with Gasteiger partial charge in [-0.3, -0.25) is 0 Å². The zero-order valence-electron chi connectivity index (χ0n) is 8.95. The highest BCUT2D eigenvalue weighted by Gasteiger charge is 2.13. The molecule has 0 unspecified atom stereocenters. The average molecular weight is 206 g/mol. The first-order valence-corrected chi connectivity index (χ1v) is 5.66. The highest BCUT2D eigenvalue weighted by Crippen LogP contribution is 2.27. The lowest BCUT2D eigenvalue weighted by atomic mass is 10.0. The van der Waals surface area contributed by atoms with Crippen molar-refractivity contribution in [1.29, 1.82) is 0 Å². The van der Waals surface area contributed by atoms with E-state index < -0.39 is 0 Å². The van der Waals surface area contributed by atoms with Gasteiger partial charge in [0.2, 0.25) is 0 Å². The normalized spacial score (nSPS) is 16.8. The van der Waals surface area contributed by atoms with E-state index in [2.05, 4.69) is 15.3 Å². The second kappa shape index (κ2) is 4.96. The third-order valence-corrected chi connectivity index (χ3v) is 3.01. The van der Waals surface area contributed by atoms with Crippen molar-refractivity contribution in [3.63, 3.8) is 0 Å². The van der Waals surface area contributed by atoms with Crippen molar-refractivity contribution in [1.82, 2.24) is 9.97 Å². The number of aromatic nitrogens is 2. The summed E-state index contributed by atoms with van der Waals surface area (Å²) in [4.78, 5) is 8.13. The largest absolute Gasteiger partial charge is 0.382 e. The van der Waals surface area contributed by atoms with Gasteiger partial charge in [-0.2, -0.15) is 0 Å². The second-order valence-electron chi connectivity index (χ2n) is 4.19. The maximum absolute atomic E-state index is 5.45. The van der Waals surface area contributed by atoms with E-state index in [1.54, 1.807) is 12.4 Å². The molecule has 4 nitrogen and oxygen atoms in total. The summed E-state index contributed by atoms with van der Waals surface area (Å²) in [5.41, 5.74) is 5.45. The van der Waals surface area contributed by atoms with Crippen LogP contribution in [0.4, 0.5) is 11.6 Å². The van der Waals surface area contributed by atoms with Gasteiger partial charge in [0.15, 0.2) is 0 Å². The fraction of sp³-hybridized carbons (Fsp3) is 0.636. The van der Waals surface area contributed by atoms with Crippen LogP contribution in [-0.2, 0) is 0 Å². The monoisotopic (exact) mass is 206 g/mol. The van der Waals surface area contributed by atoms with Crippen molar-refractivity contribution in [2.24, 2.45) is 5.92 Å². The summed E-state index contributed by atoms with van der Waals surface area (Å²) in [7, 11) is 0. The lowest BCUT2D eigenvalue weighted by Crippen LogP contribution is -2.08. The van der Waals surface area contributed by atoms with Crippen LogP contribution in [0, 0.1) is 5.92 Å². The van der Waals surface area contributed by atoms with Crippen LogP contribution in [0.25, 0.3) is 0 Å². The van der Waals surface area contributed by atoms with Gasteiger partial charge >= 0.3 is 0 Å². The molecule has 4 heteroatoms. The second-order valence-corrected chi connectivity index (χ2v) is 4.19. The fourth-order valence-corrected chi connectivity index (χ4v) is 2.13. The molecule has 0 aromatic carbocycles. The fourth-order valence-electron chi connectivity index (χ4n) is 2.13. The molecule has 1 heterocycles. The van der Waals surface area contributed by atoms with Crippen LogP contribution in [0.5, 0.6) is 0 Å². The Morgan fingerprint density at radius 1 is 1.27 bits per heavy atom. The quantitative estimate of drug-likeness (QED) is 0.791. The molecule has 3 N–H and O–H groups in total. The predicted molar refractivity (Wildman–Crippen MR) is 61.5 cm³/mol. The van der Waals surface area contributed by atoms with Crippen molar-refractivity contribution in [3.05, 3.63) is 12.4 Å². The molecule has 1 aromatic rings. The molecule has 0 saturated heterocycles. The summed E-state index contributed by atoms with van der Waals surface area (Å²) in [6.07, 6.45) is 10.1. The Labute approximate surface area is 90.3 Å². The highest BCUT2D eigenvalue weighted by atomic mass is 15.0. The van der Waals surface area contributed by atoms with E-state index in [4.69, 9.17) is 5.73 Å². The number of hydrogen-bond acceptors (Lipinski definition) is 4. The van der Waals surface area contributed by atoms with Crippen LogP contribution in [0.1, 0.15) is 32.1 Å². The van der Waals surface area contributed by atoms with Gasteiger partial charge < -0.3 is 11.1 Å². The van der Waals surface area contributed by atoms with Gasteiger partial charge in [-0.25, -0.2) is 9.97 Å². The lowest BCUT2D eigenvalue weighted by molar-refractivity contribution is 0.518. The Hall–Kier alpha value is -1.32. The molecule has 0 bridgehead atoms. The molecule has 0 spiro atoms. The summed E-state index contributed by atoms with van der Waals surface area (Å²) in [5.74, 6) is 2.21. The number of nitrogens with one attached hydrogen (secondary N) is 1. The van der Waals surface area contributed by atoms with E-state index in [0.29, 0.717) is 5.82 Å². The van der Waals surface area contributed by atoms with Crippen molar-refractivity contribution in [2.75, 3.05) is 17.6 Å². The molecular formula is C11H18N4. The molecule has 0 aliphatic heterocycles. The Balaban J connectivity index is 1.71. The van der Waals surface area contributed by atoms with Crippen LogP contribution in [0.3, 0.4) is 0 Å². The van der Waals surface area contributed by atoms with Crippen molar-refractivity contribution in [2.45, 2.75) is 32.1 Å². The molecule has 2 rings (SSSR count). The molecule has 1 aliphatic carbocycles. The first-order chi connectivity index (χ1) is 7.34. The van der Waals surface area contributed by atoms with Gasteiger partial charge in [-0.15, -0.1) is 0 Å². The Kier molecular flexibility index (Phi) is 3.37. The molecule has 1 aliphatic rings. The predicted octanol–water partition coefficient (Wildman–Crippen LogP) is 2.05. The number of nitrogen functional groups attached to an aromatic ring is 1. The van der Waals surface area contributed by atoms with Crippen molar-refractivity contribution < 1.29 is 0 Å². The number of hydrogen-bond donors (Lipinski definition) is 2. The van der Waals surface area contributed by atoms with E-state index >= 15 is 0 Å². The molecule has 82 valence electrons. The topological polar surface area (TPSA) is 63.8 Å². The molecule has 0 amide bonds. The van der Waals surface area contributed by atoms with Crippen molar-refractivity contribution in [3.8, 4) is 0 Å². The zero-order valence-corrected chi connectivity index (χ0v) is 8.95. The van der Waals surface area contributed by atoms with E-state index in [0.717, 1.165) is 18.3 Å². The van der Waals surface area contributed by atoms with Crippen LogP contribution >= 0.6 is 0 Å². The third-order valence-electron chi connectivity index (χ3n) is 3.01. The number of anilines is 2. The summed E-state index contributed by atoms with van der Waals surface area (Å²) < 4.78 is 0. The molecule has 1 fully saturated rings. The Morgan fingerprint density at radius 2 is 2.07 bits per heavy atom. The Morgan fingerprint density at radius 3 is 2.73 bits per heavy atom. The number of nitrogens with zero attached hydrogens (tertiary/aromatic N) is 2. The highest BCUT2D eigenvalue weighted by molar-refractivity contribution is 5.35. The molecule has 1 saturated carbocycles. The molecule has 15 heavy (non-hydrogen) atoms. The molecule has 0 atom stereocenters. The smallest absolute Gasteiger partial charge is 0.144 e. The standard InChI is InChI=1S/C11H18N4/c12-10-7-15-11(8-14-10)13-6-5-9-3-1-2-4-9/h7-9H,1-6H2,(H2,12,14)(H,13,15). The van der Waals surface area contributed by atoms with Crippen LogP contribution < -0.4 is 11.1 Å². The Bertz CT molecular complexity index is 290.